The van der Waals surface area contributed by atoms with Gasteiger partial charge in [-0.2, -0.15) is 14.4 Å². The molecule has 0 saturated heterocycles. The Balaban J connectivity index is 1.55. The molecular weight excluding hydrogens is 412 g/mol. The molecule has 0 saturated carbocycles. The monoisotopic (exact) mass is 431 g/mol. The van der Waals surface area contributed by atoms with Crippen LogP contribution in [0.5, 0.6) is 0 Å². The largest absolute Gasteiger partial charge is 0.506 e. The second-order valence-corrected chi connectivity index (χ2v) is 8.39. The lowest BCUT2D eigenvalue weighted by atomic mass is 9.94. The van der Waals surface area contributed by atoms with Crippen LogP contribution in [-0.4, -0.2) is 32.4 Å². The number of anilines is 1. The van der Waals surface area contributed by atoms with Crippen molar-refractivity contribution in [1.29, 1.82) is 0 Å². The number of allylic oxidation sites excluding steroid dienone is 3. The lowest BCUT2D eigenvalue weighted by Gasteiger charge is -2.26. The number of carbonyl (C=O) groups excluding carboxylic acids is 2. The zero-order valence-electron chi connectivity index (χ0n) is 17.0. The SMILES string of the molecule is Cc1ccc(N2C(=O)C3C=CC=CC3=[N+](Cc3nc(-c4cccs4)no3)C2=O)cc1C. The summed E-state index contributed by atoms with van der Waals surface area (Å²) in [4.78, 5) is 33.3. The van der Waals surface area contributed by atoms with Crippen LogP contribution in [0.3, 0.4) is 0 Å². The number of thiophene rings is 1. The second-order valence-electron chi connectivity index (χ2n) is 7.45. The van der Waals surface area contributed by atoms with Crippen LogP contribution < -0.4 is 4.90 Å². The minimum absolute atomic E-state index is 0.0792. The van der Waals surface area contributed by atoms with E-state index in [0.717, 1.165) is 16.0 Å². The summed E-state index contributed by atoms with van der Waals surface area (Å²) in [6.07, 6.45) is 7.22. The van der Waals surface area contributed by atoms with Gasteiger partial charge in [0, 0.05) is 0 Å². The van der Waals surface area contributed by atoms with E-state index in [9.17, 15) is 9.59 Å². The van der Waals surface area contributed by atoms with E-state index in [1.54, 1.807) is 18.2 Å². The predicted molar refractivity (Wildman–Crippen MR) is 117 cm³/mol. The molecule has 1 aromatic carbocycles. The third-order valence-electron chi connectivity index (χ3n) is 5.47. The Morgan fingerprint density at radius 2 is 2.03 bits per heavy atom. The first-order valence-electron chi connectivity index (χ1n) is 9.84. The maximum absolute atomic E-state index is 13.5. The quantitative estimate of drug-likeness (QED) is 0.576. The zero-order valence-corrected chi connectivity index (χ0v) is 17.8. The van der Waals surface area contributed by atoms with Crippen molar-refractivity contribution < 1.29 is 18.7 Å². The van der Waals surface area contributed by atoms with Crippen molar-refractivity contribution in [2.24, 2.45) is 5.92 Å². The number of nitrogens with zero attached hydrogens (tertiary/aromatic N) is 4. The number of carbonyl (C=O) groups is 2. The number of benzene rings is 1. The third-order valence-corrected chi connectivity index (χ3v) is 6.34. The molecule has 1 aliphatic heterocycles. The molecule has 0 spiro atoms. The van der Waals surface area contributed by atoms with E-state index < -0.39 is 11.9 Å². The van der Waals surface area contributed by atoms with E-state index in [2.05, 4.69) is 10.1 Å². The standard InChI is InChI=1S/C23H19N4O3S/c1-14-9-10-16(12-15(14)2)27-22(28)17-6-3-4-7-18(17)26(23(27)29)13-20-24-21(25-30-20)19-8-5-11-31-19/h3-12,17H,13H2,1-2H3/q+1. The minimum atomic E-state index is -0.552. The maximum atomic E-state index is 13.5. The lowest BCUT2D eigenvalue weighted by molar-refractivity contribution is -0.449. The molecule has 3 heterocycles. The van der Waals surface area contributed by atoms with Crippen molar-refractivity contribution in [3.63, 3.8) is 0 Å². The molecular formula is C23H19N4O3S+. The normalized spacial score (nSPS) is 18.1. The third kappa shape index (κ3) is 3.34. The van der Waals surface area contributed by atoms with E-state index in [1.807, 2.05) is 55.6 Å². The Bertz CT molecular complexity index is 1280. The van der Waals surface area contributed by atoms with E-state index in [-0.39, 0.29) is 12.5 Å². The van der Waals surface area contributed by atoms with Crippen molar-refractivity contribution in [2.75, 3.05) is 4.90 Å². The molecule has 5 rings (SSSR count). The first-order chi connectivity index (χ1) is 15.0. The summed E-state index contributed by atoms with van der Waals surface area (Å²) in [5.74, 6) is -0.0357. The van der Waals surface area contributed by atoms with Gasteiger partial charge in [-0.05, 0) is 54.6 Å². The first-order valence-corrected chi connectivity index (χ1v) is 10.7. The number of aryl methyl sites for hydroxylation is 2. The average Bonchev–Trinajstić information content (AvgIpc) is 3.46. The summed E-state index contributed by atoms with van der Waals surface area (Å²) in [6.45, 7) is 4.03. The number of amides is 3. The van der Waals surface area contributed by atoms with E-state index in [1.165, 1.54) is 20.8 Å². The lowest BCUT2D eigenvalue weighted by Crippen LogP contribution is -2.54. The van der Waals surface area contributed by atoms with Gasteiger partial charge in [-0.15, -0.1) is 16.2 Å². The van der Waals surface area contributed by atoms with Gasteiger partial charge in [0.2, 0.25) is 5.82 Å². The molecule has 154 valence electrons. The summed E-state index contributed by atoms with van der Waals surface area (Å²) in [5, 5.41) is 5.97. The smallest absolute Gasteiger partial charge is 0.335 e. The van der Waals surface area contributed by atoms with Crippen molar-refractivity contribution in [1.82, 2.24) is 10.1 Å². The fourth-order valence-electron chi connectivity index (χ4n) is 3.68. The highest BCUT2D eigenvalue weighted by Gasteiger charge is 2.48. The summed E-state index contributed by atoms with van der Waals surface area (Å²) >= 11 is 1.51. The van der Waals surface area contributed by atoms with Gasteiger partial charge in [0.15, 0.2) is 6.54 Å². The van der Waals surface area contributed by atoms with E-state index in [0.29, 0.717) is 23.1 Å². The van der Waals surface area contributed by atoms with Crippen LogP contribution in [0.4, 0.5) is 10.5 Å². The number of fused-ring (bicyclic) bond motifs is 1. The second kappa shape index (κ2) is 7.55. The van der Waals surface area contributed by atoms with Crippen LogP contribution in [0.25, 0.3) is 10.7 Å². The first kappa shape index (κ1) is 19.3. The number of urea groups is 1. The molecule has 1 atom stereocenters. The summed E-state index contributed by atoms with van der Waals surface area (Å²) < 4.78 is 6.95. The molecule has 0 radical (unpaired) electrons. The Kier molecular flexibility index (Phi) is 4.71. The maximum Gasteiger partial charge on any atom is 0.506 e. The summed E-state index contributed by atoms with van der Waals surface area (Å²) in [7, 11) is 0. The van der Waals surface area contributed by atoms with Gasteiger partial charge in [-0.25, -0.2) is 4.79 Å². The Hall–Kier alpha value is -3.65. The Morgan fingerprint density at radius 1 is 1.16 bits per heavy atom. The molecule has 2 aromatic heterocycles. The van der Waals surface area contributed by atoms with Crippen molar-refractivity contribution in [3.05, 3.63) is 77.0 Å². The molecule has 7 nitrogen and oxygen atoms in total. The topological polar surface area (TPSA) is 79.3 Å². The van der Waals surface area contributed by atoms with Crippen LogP contribution in [0.2, 0.25) is 0 Å². The van der Waals surface area contributed by atoms with Crippen molar-refractivity contribution in [3.8, 4) is 10.7 Å². The number of imide groups is 1. The summed E-state index contributed by atoms with van der Waals surface area (Å²) in [6, 6.07) is 8.96. The van der Waals surface area contributed by atoms with Crippen LogP contribution in [0.15, 0.2) is 64.5 Å². The van der Waals surface area contributed by atoms with Crippen molar-refractivity contribution in [2.45, 2.75) is 20.4 Å². The predicted octanol–water partition coefficient (Wildman–Crippen LogP) is 4.28. The van der Waals surface area contributed by atoms with Crippen molar-refractivity contribution >= 4 is 34.7 Å². The van der Waals surface area contributed by atoms with Crippen LogP contribution in [0, 0.1) is 19.8 Å². The highest BCUT2D eigenvalue weighted by atomic mass is 32.1. The van der Waals surface area contributed by atoms with Gasteiger partial charge in [0.25, 0.3) is 5.89 Å². The molecule has 1 unspecified atom stereocenters. The van der Waals surface area contributed by atoms with Crippen LogP contribution >= 0.6 is 11.3 Å². The molecule has 31 heavy (non-hydrogen) atoms. The van der Waals surface area contributed by atoms with Crippen LogP contribution in [0.1, 0.15) is 17.0 Å². The molecule has 0 bridgehead atoms. The molecule has 2 aliphatic rings. The van der Waals surface area contributed by atoms with Gasteiger partial charge in [-0.3, -0.25) is 0 Å². The molecule has 1 aliphatic carbocycles. The average molecular weight is 431 g/mol. The Labute approximate surface area is 182 Å². The highest BCUT2D eigenvalue weighted by molar-refractivity contribution is 7.13. The molecule has 0 fully saturated rings. The van der Waals surface area contributed by atoms with Gasteiger partial charge >= 0.3 is 11.9 Å². The molecule has 3 amide bonds. The minimum Gasteiger partial charge on any atom is -0.335 e. The number of hydrogen-bond acceptors (Lipinski definition) is 6. The zero-order chi connectivity index (χ0) is 21.5. The molecule has 3 aromatic rings. The number of rotatable bonds is 4. The number of aromatic nitrogens is 2. The van der Waals surface area contributed by atoms with Crippen LogP contribution in [-0.2, 0) is 11.3 Å². The molecule has 8 heteroatoms. The fraction of sp³-hybridized carbons (Fsp3) is 0.174. The van der Waals surface area contributed by atoms with E-state index in [4.69, 9.17) is 4.52 Å². The van der Waals surface area contributed by atoms with E-state index >= 15 is 0 Å². The molecule has 0 N–H and O–H groups in total. The van der Waals surface area contributed by atoms with Gasteiger partial charge in [-0.1, -0.05) is 35.5 Å². The summed E-state index contributed by atoms with van der Waals surface area (Å²) in [5.41, 5.74) is 3.26. The highest BCUT2D eigenvalue weighted by Crippen LogP contribution is 2.28. The van der Waals surface area contributed by atoms with Gasteiger partial charge in [0.05, 0.1) is 4.88 Å². The Morgan fingerprint density at radius 3 is 2.81 bits per heavy atom. The number of hydrogen-bond donors (Lipinski definition) is 0. The van der Waals surface area contributed by atoms with Gasteiger partial charge in [0.1, 0.15) is 17.3 Å². The fourth-order valence-corrected chi connectivity index (χ4v) is 4.33. The van der Waals surface area contributed by atoms with Gasteiger partial charge < -0.3 is 4.52 Å².